The molecule has 0 bridgehead atoms. The van der Waals surface area contributed by atoms with Crippen LogP contribution >= 0.6 is 0 Å². The second kappa shape index (κ2) is 8.29. The number of pyridine rings is 1. The minimum Gasteiger partial charge on any atom is -0.338 e. The van der Waals surface area contributed by atoms with E-state index in [0.29, 0.717) is 6.54 Å². The first-order chi connectivity index (χ1) is 12.6. The lowest BCUT2D eigenvalue weighted by molar-refractivity contribution is 0.194. The zero-order valence-electron chi connectivity index (χ0n) is 15.0. The maximum absolute atomic E-state index is 12.3. The summed E-state index contributed by atoms with van der Waals surface area (Å²) in [6, 6.07) is 13.8. The van der Waals surface area contributed by atoms with Gasteiger partial charge in [0.2, 0.25) is 0 Å². The fourth-order valence-electron chi connectivity index (χ4n) is 2.72. The van der Waals surface area contributed by atoms with Crippen LogP contribution < -0.4 is 5.32 Å². The van der Waals surface area contributed by atoms with Gasteiger partial charge in [0.1, 0.15) is 0 Å². The predicted molar refractivity (Wildman–Crippen MR) is 101 cm³/mol. The standard InChI is InChI=1S/C20H23N5O/c1-16(18-9-12-21-13-10-18)24(2)20(26)22-14-8-17-4-6-19(7-5-17)25-15-3-11-23-25/h3-7,9-13,15-16H,8,14H2,1-2H3,(H,22,26). The molecule has 0 aliphatic carbocycles. The second-order valence-electron chi connectivity index (χ2n) is 6.17. The Hall–Kier alpha value is -3.15. The van der Waals surface area contributed by atoms with Crippen LogP contribution in [0.3, 0.4) is 0 Å². The number of nitrogens with one attached hydrogen (secondary N) is 1. The molecule has 2 heterocycles. The van der Waals surface area contributed by atoms with E-state index in [1.54, 1.807) is 30.5 Å². The fourth-order valence-corrected chi connectivity index (χ4v) is 2.72. The number of carbonyl (C=O) groups excluding carboxylic acids is 1. The first kappa shape index (κ1) is 17.7. The van der Waals surface area contributed by atoms with E-state index in [4.69, 9.17) is 0 Å². The van der Waals surface area contributed by atoms with Gasteiger partial charge < -0.3 is 10.2 Å². The Morgan fingerprint density at radius 2 is 1.88 bits per heavy atom. The average Bonchev–Trinajstić information content (AvgIpc) is 3.23. The number of urea groups is 1. The molecule has 26 heavy (non-hydrogen) atoms. The molecular weight excluding hydrogens is 326 g/mol. The van der Waals surface area contributed by atoms with Crippen molar-refractivity contribution in [2.45, 2.75) is 19.4 Å². The Morgan fingerprint density at radius 3 is 2.54 bits per heavy atom. The molecule has 6 heteroatoms. The molecule has 0 saturated heterocycles. The van der Waals surface area contributed by atoms with Crippen LogP contribution in [-0.4, -0.2) is 39.3 Å². The third-order valence-corrected chi connectivity index (χ3v) is 4.48. The normalized spacial score (nSPS) is 11.8. The minimum absolute atomic E-state index is 0.00801. The number of amides is 2. The summed E-state index contributed by atoms with van der Waals surface area (Å²) in [4.78, 5) is 18.1. The van der Waals surface area contributed by atoms with Crippen LogP contribution in [0.2, 0.25) is 0 Å². The lowest BCUT2D eigenvalue weighted by Gasteiger charge is -2.25. The molecule has 2 aromatic heterocycles. The monoisotopic (exact) mass is 349 g/mol. The molecule has 1 atom stereocenters. The lowest BCUT2D eigenvalue weighted by Crippen LogP contribution is -2.39. The highest BCUT2D eigenvalue weighted by Gasteiger charge is 2.16. The molecule has 0 saturated carbocycles. The molecule has 0 fully saturated rings. The molecule has 1 unspecified atom stereocenters. The van der Waals surface area contributed by atoms with Crippen molar-refractivity contribution in [3.8, 4) is 5.69 Å². The van der Waals surface area contributed by atoms with Crippen molar-refractivity contribution < 1.29 is 4.79 Å². The second-order valence-corrected chi connectivity index (χ2v) is 6.17. The smallest absolute Gasteiger partial charge is 0.317 e. The zero-order valence-corrected chi connectivity index (χ0v) is 15.0. The SMILES string of the molecule is CC(c1ccncc1)N(C)C(=O)NCCc1ccc(-n2cccn2)cc1. The maximum atomic E-state index is 12.3. The van der Waals surface area contributed by atoms with Gasteiger partial charge in [-0.2, -0.15) is 5.10 Å². The molecule has 0 radical (unpaired) electrons. The van der Waals surface area contributed by atoms with Gasteiger partial charge in [0.25, 0.3) is 0 Å². The molecule has 0 spiro atoms. The van der Waals surface area contributed by atoms with E-state index in [2.05, 4.69) is 27.5 Å². The molecule has 1 aromatic carbocycles. The third-order valence-electron chi connectivity index (χ3n) is 4.48. The summed E-state index contributed by atoms with van der Waals surface area (Å²) in [6.07, 6.45) is 7.93. The van der Waals surface area contributed by atoms with Crippen LogP contribution in [0.5, 0.6) is 0 Å². The molecule has 3 rings (SSSR count). The third kappa shape index (κ3) is 4.27. The Labute approximate surface area is 153 Å². The molecule has 0 aliphatic heterocycles. The highest BCUT2D eigenvalue weighted by atomic mass is 16.2. The Kier molecular flexibility index (Phi) is 5.63. The number of rotatable bonds is 6. The van der Waals surface area contributed by atoms with Gasteiger partial charge in [-0.05, 0) is 54.8 Å². The van der Waals surface area contributed by atoms with Crippen LogP contribution in [0.4, 0.5) is 4.79 Å². The maximum Gasteiger partial charge on any atom is 0.317 e. The lowest BCUT2D eigenvalue weighted by atomic mass is 10.1. The van der Waals surface area contributed by atoms with Crippen molar-refractivity contribution >= 4 is 6.03 Å². The number of benzene rings is 1. The predicted octanol–water partition coefficient (Wildman–Crippen LogP) is 3.21. The van der Waals surface area contributed by atoms with E-state index in [-0.39, 0.29) is 12.1 Å². The summed E-state index contributed by atoms with van der Waals surface area (Å²) in [5.74, 6) is 0. The summed E-state index contributed by atoms with van der Waals surface area (Å²) in [6.45, 7) is 2.59. The van der Waals surface area contributed by atoms with Gasteiger partial charge in [-0.25, -0.2) is 9.48 Å². The van der Waals surface area contributed by atoms with Crippen molar-refractivity contribution in [3.05, 3.63) is 78.4 Å². The van der Waals surface area contributed by atoms with Crippen molar-refractivity contribution in [1.29, 1.82) is 0 Å². The van der Waals surface area contributed by atoms with Crippen molar-refractivity contribution in [1.82, 2.24) is 25.0 Å². The summed E-state index contributed by atoms with van der Waals surface area (Å²) < 4.78 is 1.82. The van der Waals surface area contributed by atoms with E-state index in [1.165, 1.54) is 5.56 Å². The van der Waals surface area contributed by atoms with Crippen LogP contribution in [0, 0.1) is 0 Å². The first-order valence-corrected chi connectivity index (χ1v) is 8.64. The minimum atomic E-state index is -0.0810. The number of nitrogens with zero attached hydrogens (tertiary/aromatic N) is 4. The van der Waals surface area contributed by atoms with Crippen LogP contribution in [-0.2, 0) is 6.42 Å². The highest BCUT2D eigenvalue weighted by molar-refractivity contribution is 5.74. The van der Waals surface area contributed by atoms with Crippen molar-refractivity contribution in [3.63, 3.8) is 0 Å². The van der Waals surface area contributed by atoms with Crippen molar-refractivity contribution in [2.24, 2.45) is 0 Å². The van der Waals surface area contributed by atoms with Gasteiger partial charge in [0.05, 0.1) is 11.7 Å². The summed E-state index contributed by atoms with van der Waals surface area (Å²) >= 11 is 0. The van der Waals surface area contributed by atoms with Gasteiger partial charge in [0, 0.05) is 38.4 Å². The average molecular weight is 349 g/mol. The Morgan fingerprint density at radius 1 is 1.15 bits per heavy atom. The van der Waals surface area contributed by atoms with E-state index in [9.17, 15) is 4.79 Å². The largest absolute Gasteiger partial charge is 0.338 e. The Bertz CT molecular complexity index is 815. The molecule has 134 valence electrons. The van der Waals surface area contributed by atoms with Crippen molar-refractivity contribution in [2.75, 3.05) is 13.6 Å². The molecule has 6 nitrogen and oxygen atoms in total. The fraction of sp³-hybridized carbons (Fsp3) is 0.250. The van der Waals surface area contributed by atoms with E-state index >= 15 is 0 Å². The van der Waals surface area contributed by atoms with Gasteiger partial charge in [-0.1, -0.05) is 12.1 Å². The highest BCUT2D eigenvalue weighted by Crippen LogP contribution is 2.17. The molecule has 2 amide bonds. The van der Waals surface area contributed by atoms with Gasteiger partial charge in [-0.3, -0.25) is 4.98 Å². The number of hydrogen-bond donors (Lipinski definition) is 1. The number of aromatic nitrogens is 3. The van der Waals surface area contributed by atoms with E-state index in [1.807, 2.05) is 48.1 Å². The van der Waals surface area contributed by atoms with Crippen LogP contribution in [0.25, 0.3) is 5.69 Å². The van der Waals surface area contributed by atoms with E-state index < -0.39 is 0 Å². The topological polar surface area (TPSA) is 63.1 Å². The molecule has 0 aliphatic rings. The zero-order chi connectivity index (χ0) is 18.4. The quantitative estimate of drug-likeness (QED) is 0.743. The van der Waals surface area contributed by atoms with Gasteiger partial charge in [0.15, 0.2) is 0 Å². The van der Waals surface area contributed by atoms with Gasteiger partial charge in [-0.15, -0.1) is 0 Å². The van der Waals surface area contributed by atoms with E-state index in [0.717, 1.165) is 17.7 Å². The number of carbonyl (C=O) groups is 1. The first-order valence-electron chi connectivity index (χ1n) is 8.64. The summed E-state index contributed by atoms with van der Waals surface area (Å²) in [7, 11) is 1.80. The molecule has 1 N–H and O–H groups in total. The van der Waals surface area contributed by atoms with Crippen LogP contribution in [0.15, 0.2) is 67.3 Å². The number of hydrogen-bond acceptors (Lipinski definition) is 3. The van der Waals surface area contributed by atoms with Gasteiger partial charge >= 0.3 is 6.03 Å². The van der Waals surface area contributed by atoms with Crippen LogP contribution in [0.1, 0.15) is 24.1 Å². The molecular formula is C20H23N5O. The molecule has 3 aromatic rings. The summed E-state index contributed by atoms with van der Waals surface area (Å²) in [5.41, 5.74) is 3.26. The summed E-state index contributed by atoms with van der Waals surface area (Å²) in [5, 5.41) is 7.19. The Balaban J connectivity index is 1.49.